The number of nitrogens with zero attached hydrogens (tertiary/aromatic N) is 2. The highest BCUT2D eigenvalue weighted by molar-refractivity contribution is 8.00. The summed E-state index contributed by atoms with van der Waals surface area (Å²) in [7, 11) is 0. The number of hydrogen-bond donors (Lipinski definition) is 0. The molecule has 0 N–H and O–H groups in total. The monoisotopic (exact) mass is 334 g/mol. The Balaban J connectivity index is 1.74. The van der Waals surface area contributed by atoms with E-state index < -0.39 is 0 Å². The average Bonchev–Trinajstić information content (AvgIpc) is 2.64. The van der Waals surface area contributed by atoms with Crippen LogP contribution < -0.4 is 4.90 Å². The van der Waals surface area contributed by atoms with Crippen LogP contribution in [0.25, 0.3) is 0 Å². The van der Waals surface area contributed by atoms with E-state index in [1.165, 1.54) is 4.90 Å². The van der Waals surface area contributed by atoms with Gasteiger partial charge in [0, 0.05) is 29.8 Å². The highest BCUT2D eigenvalue weighted by atomic mass is 32.2. The maximum atomic E-state index is 12.9. The summed E-state index contributed by atoms with van der Waals surface area (Å²) in [5, 5.41) is 0.539. The Labute approximate surface area is 143 Å². The number of carbonyl (C=O) groups is 1. The Morgan fingerprint density at radius 2 is 1.91 bits per heavy atom. The first-order valence-electron chi connectivity index (χ1n) is 8.47. The van der Waals surface area contributed by atoms with Gasteiger partial charge in [0.15, 0.2) is 0 Å². The SMILES string of the molecule is CC1CN(CC(=O)N2CCC(C)Sc3ccccc32)CC(C)O1. The van der Waals surface area contributed by atoms with Crippen molar-refractivity contribution in [2.24, 2.45) is 0 Å². The van der Waals surface area contributed by atoms with Gasteiger partial charge in [-0.2, -0.15) is 0 Å². The Kier molecular flexibility index (Phi) is 5.29. The molecule has 1 fully saturated rings. The largest absolute Gasteiger partial charge is 0.373 e. The van der Waals surface area contributed by atoms with Gasteiger partial charge in [0.2, 0.25) is 5.91 Å². The molecule has 1 amide bonds. The summed E-state index contributed by atoms with van der Waals surface area (Å²) in [4.78, 5) is 18.4. The molecule has 1 aromatic rings. The van der Waals surface area contributed by atoms with Crippen LogP contribution in [0.15, 0.2) is 29.2 Å². The first kappa shape index (κ1) is 16.8. The molecule has 3 rings (SSSR count). The number of ether oxygens (including phenoxy) is 1. The minimum absolute atomic E-state index is 0.193. The van der Waals surface area contributed by atoms with Crippen molar-refractivity contribution < 1.29 is 9.53 Å². The molecule has 3 atom stereocenters. The number of fused-ring (bicyclic) bond motifs is 1. The molecule has 0 radical (unpaired) electrons. The van der Waals surface area contributed by atoms with Gasteiger partial charge >= 0.3 is 0 Å². The van der Waals surface area contributed by atoms with Gasteiger partial charge in [-0.1, -0.05) is 19.1 Å². The molecule has 1 aromatic carbocycles. The molecule has 5 heteroatoms. The maximum absolute atomic E-state index is 12.9. The van der Waals surface area contributed by atoms with Gasteiger partial charge in [-0.3, -0.25) is 9.69 Å². The van der Waals surface area contributed by atoms with E-state index in [2.05, 4.69) is 43.9 Å². The fraction of sp³-hybridized carbons (Fsp3) is 0.611. The minimum Gasteiger partial charge on any atom is -0.373 e. The minimum atomic E-state index is 0.193. The molecule has 0 bridgehead atoms. The lowest BCUT2D eigenvalue weighted by Gasteiger charge is -2.36. The third-order valence-electron chi connectivity index (χ3n) is 4.40. The van der Waals surface area contributed by atoms with Crippen LogP contribution in [0.1, 0.15) is 27.2 Å². The molecule has 0 saturated carbocycles. The molecular weight excluding hydrogens is 308 g/mol. The number of amides is 1. The first-order valence-corrected chi connectivity index (χ1v) is 9.34. The quantitative estimate of drug-likeness (QED) is 0.832. The number of benzene rings is 1. The van der Waals surface area contributed by atoms with Gasteiger partial charge in [0.25, 0.3) is 0 Å². The van der Waals surface area contributed by atoms with Crippen LogP contribution in [0.5, 0.6) is 0 Å². The van der Waals surface area contributed by atoms with Crippen molar-refractivity contribution in [3.63, 3.8) is 0 Å². The summed E-state index contributed by atoms with van der Waals surface area (Å²) < 4.78 is 5.76. The number of morpholine rings is 1. The third kappa shape index (κ3) is 4.08. The zero-order valence-electron chi connectivity index (χ0n) is 14.2. The van der Waals surface area contributed by atoms with Gasteiger partial charge in [0.05, 0.1) is 24.4 Å². The fourth-order valence-electron chi connectivity index (χ4n) is 3.44. The number of hydrogen-bond acceptors (Lipinski definition) is 4. The van der Waals surface area contributed by atoms with Crippen molar-refractivity contribution in [2.45, 2.75) is 49.5 Å². The van der Waals surface area contributed by atoms with E-state index in [0.29, 0.717) is 11.8 Å². The van der Waals surface area contributed by atoms with E-state index in [4.69, 9.17) is 4.74 Å². The Hall–Kier alpha value is -1.04. The first-order chi connectivity index (χ1) is 11.0. The summed E-state index contributed by atoms with van der Waals surface area (Å²) in [6.45, 7) is 9.33. The van der Waals surface area contributed by atoms with Crippen LogP contribution in [0.2, 0.25) is 0 Å². The molecular formula is C18H26N2O2S. The van der Waals surface area contributed by atoms with Crippen molar-refractivity contribution >= 4 is 23.4 Å². The lowest BCUT2D eigenvalue weighted by molar-refractivity contribution is -0.123. The second-order valence-electron chi connectivity index (χ2n) is 6.68. The van der Waals surface area contributed by atoms with Gasteiger partial charge in [-0.25, -0.2) is 0 Å². The predicted octanol–water partition coefficient (Wildman–Crippen LogP) is 3.01. The van der Waals surface area contributed by atoms with Crippen molar-refractivity contribution in [3.05, 3.63) is 24.3 Å². The van der Waals surface area contributed by atoms with Crippen LogP contribution in [0.4, 0.5) is 5.69 Å². The van der Waals surface area contributed by atoms with Crippen molar-refractivity contribution in [1.82, 2.24) is 4.90 Å². The topological polar surface area (TPSA) is 32.8 Å². The Morgan fingerprint density at radius 3 is 2.65 bits per heavy atom. The molecule has 2 heterocycles. The van der Waals surface area contributed by atoms with Crippen LogP contribution in [0, 0.1) is 0 Å². The summed E-state index contributed by atoms with van der Waals surface area (Å²) in [6.07, 6.45) is 1.41. The molecule has 2 aliphatic heterocycles. The lowest BCUT2D eigenvalue weighted by Crippen LogP contribution is -2.50. The summed E-state index contributed by atoms with van der Waals surface area (Å²) in [5.41, 5.74) is 1.07. The Bertz CT molecular complexity index is 556. The van der Waals surface area contributed by atoms with Gasteiger partial charge in [-0.15, -0.1) is 11.8 Å². The van der Waals surface area contributed by atoms with E-state index in [9.17, 15) is 4.79 Å². The summed E-state index contributed by atoms with van der Waals surface area (Å²) in [5.74, 6) is 0.202. The van der Waals surface area contributed by atoms with Crippen molar-refractivity contribution in [3.8, 4) is 0 Å². The molecule has 3 unspecified atom stereocenters. The van der Waals surface area contributed by atoms with Crippen LogP contribution in [0.3, 0.4) is 0 Å². The van der Waals surface area contributed by atoms with Crippen LogP contribution in [-0.2, 0) is 9.53 Å². The lowest BCUT2D eigenvalue weighted by atomic mass is 10.2. The normalized spacial score (nSPS) is 29.0. The fourth-order valence-corrected chi connectivity index (χ4v) is 4.55. The highest BCUT2D eigenvalue weighted by Gasteiger charge is 2.28. The molecule has 126 valence electrons. The van der Waals surface area contributed by atoms with Crippen LogP contribution >= 0.6 is 11.8 Å². The van der Waals surface area contributed by atoms with E-state index in [1.54, 1.807) is 0 Å². The molecule has 0 spiro atoms. The van der Waals surface area contributed by atoms with Gasteiger partial charge in [-0.05, 0) is 32.4 Å². The summed E-state index contributed by atoms with van der Waals surface area (Å²) in [6, 6.07) is 8.27. The second-order valence-corrected chi connectivity index (χ2v) is 8.16. The molecule has 4 nitrogen and oxygen atoms in total. The summed E-state index contributed by atoms with van der Waals surface area (Å²) >= 11 is 1.87. The zero-order chi connectivity index (χ0) is 16.4. The number of carbonyl (C=O) groups excluding carboxylic acids is 1. The average molecular weight is 334 g/mol. The molecule has 23 heavy (non-hydrogen) atoms. The van der Waals surface area contributed by atoms with E-state index >= 15 is 0 Å². The number of anilines is 1. The van der Waals surface area contributed by atoms with Crippen LogP contribution in [-0.4, -0.2) is 54.4 Å². The molecule has 1 saturated heterocycles. The highest BCUT2D eigenvalue weighted by Crippen LogP contribution is 2.37. The Morgan fingerprint density at radius 1 is 1.22 bits per heavy atom. The standard InChI is InChI=1S/C18H26N2O2S/c1-13-10-19(11-14(2)22-13)12-18(21)20-9-8-15(3)23-17-7-5-4-6-16(17)20/h4-7,13-15H,8-12H2,1-3H3. The van der Waals surface area contributed by atoms with Gasteiger partial charge < -0.3 is 9.64 Å². The van der Waals surface area contributed by atoms with Gasteiger partial charge in [0.1, 0.15) is 0 Å². The number of rotatable bonds is 2. The van der Waals surface area contributed by atoms with Crippen molar-refractivity contribution in [1.29, 1.82) is 0 Å². The zero-order valence-corrected chi connectivity index (χ0v) is 15.0. The smallest absolute Gasteiger partial charge is 0.241 e. The maximum Gasteiger partial charge on any atom is 0.241 e. The molecule has 0 aliphatic carbocycles. The van der Waals surface area contributed by atoms with E-state index in [-0.39, 0.29) is 18.1 Å². The second kappa shape index (κ2) is 7.24. The van der Waals surface area contributed by atoms with E-state index in [1.807, 2.05) is 22.7 Å². The number of para-hydroxylation sites is 1. The molecule has 2 aliphatic rings. The third-order valence-corrected chi connectivity index (χ3v) is 5.64. The molecule has 0 aromatic heterocycles. The van der Waals surface area contributed by atoms with Crippen molar-refractivity contribution in [2.75, 3.05) is 31.1 Å². The predicted molar refractivity (Wildman–Crippen MR) is 95.2 cm³/mol. The van der Waals surface area contributed by atoms with E-state index in [0.717, 1.165) is 31.7 Å². The number of thioether (sulfide) groups is 1.